The maximum absolute atomic E-state index is 13.4. The molecule has 2 amide bonds. The van der Waals surface area contributed by atoms with Crippen LogP contribution >= 0.6 is 0 Å². The summed E-state index contributed by atoms with van der Waals surface area (Å²) >= 11 is 0. The van der Waals surface area contributed by atoms with Crippen LogP contribution in [0.3, 0.4) is 0 Å². The highest BCUT2D eigenvalue weighted by molar-refractivity contribution is 5.88. The van der Waals surface area contributed by atoms with E-state index in [0.717, 1.165) is 36.8 Å². The number of carbonyl (C=O) groups excluding carboxylic acids is 2. The molecule has 32 heavy (non-hydrogen) atoms. The molecule has 2 aromatic carbocycles. The lowest BCUT2D eigenvalue weighted by Crippen LogP contribution is -2.52. The van der Waals surface area contributed by atoms with E-state index in [4.69, 9.17) is 9.47 Å². The van der Waals surface area contributed by atoms with Crippen molar-refractivity contribution in [1.29, 1.82) is 0 Å². The van der Waals surface area contributed by atoms with Gasteiger partial charge in [0.15, 0.2) is 18.1 Å². The Morgan fingerprint density at radius 1 is 1.06 bits per heavy atom. The van der Waals surface area contributed by atoms with Gasteiger partial charge in [-0.05, 0) is 49.4 Å². The first kappa shape index (κ1) is 23.6. The predicted molar refractivity (Wildman–Crippen MR) is 125 cm³/mol. The zero-order valence-electron chi connectivity index (χ0n) is 19.3. The van der Waals surface area contributed by atoms with E-state index in [9.17, 15) is 9.59 Å². The Bertz CT molecular complexity index is 908. The molecule has 6 heteroatoms. The number of ether oxygens (including phenoxy) is 2. The zero-order chi connectivity index (χ0) is 22.9. The standard InChI is InChI=1S/C26H34N2O4/c1-4-22(26(30)27-21-13-7-8-14-21)28(17-20-12-6-5-11-19(20)2)25(29)18-32-24-16-10-9-15-23(24)31-3/h5-6,9-12,15-16,21-22H,4,7-8,13-14,17-18H2,1-3H3,(H,27,30)/t22-/m0/s1. The summed E-state index contributed by atoms with van der Waals surface area (Å²) in [6, 6.07) is 14.8. The Kier molecular flexibility index (Phi) is 8.54. The molecule has 0 radical (unpaired) electrons. The number of amides is 2. The summed E-state index contributed by atoms with van der Waals surface area (Å²) in [6.45, 7) is 4.15. The lowest BCUT2D eigenvalue weighted by Gasteiger charge is -2.32. The third-order valence-electron chi connectivity index (χ3n) is 6.11. The molecule has 1 atom stereocenters. The first-order valence-electron chi connectivity index (χ1n) is 11.4. The molecule has 0 heterocycles. The minimum atomic E-state index is -0.552. The van der Waals surface area contributed by atoms with Crippen LogP contribution in [0.2, 0.25) is 0 Å². The van der Waals surface area contributed by atoms with Gasteiger partial charge < -0.3 is 19.7 Å². The molecule has 1 aliphatic rings. The maximum atomic E-state index is 13.4. The van der Waals surface area contributed by atoms with Crippen LogP contribution in [0, 0.1) is 6.92 Å². The minimum absolute atomic E-state index is 0.0846. The van der Waals surface area contributed by atoms with E-state index in [1.165, 1.54) is 0 Å². The first-order valence-corrected chi connectivity index (χ1v) is 11.4. The van der Waals surface area contributed by atoms with Gasteiger partial charge in [0.2, 0.25) is 5.91 Å². The summed E-state index contributed by atoms with van der Waals surface area (Å²) < 4.78 is 11.1. The lowest BCUT2D eigenvalue weighted by molar-refractivity contribution is -0.143. The van der Waals surface area contributed by atoms with Gasteiger partial charge in [-0.25, -0.2) is 0 Å². The predicted octanol–water partition coefficient (Wildman–Crippen LogP) is 4.25. The molecule has 0 spiro atoms. The average molecular weight is 439 g/mol. The summed E-state index contributed by atoms with van der Waals surface area (Å²) in [5.74, 6) is 0.755. The molecule has 1 N–H and O–H groups in total. The second-order valence-electron chi connectivity index (χ2n) is 8.30. The van der Waals surface area contributed by atoms with Gasteiger partial charge in [-0.2, -0.15) is 0 Å². The SMILES string of the molecule is CC[C@@H](C(=O)NC1CCCC1)N(Cc1ccccc1C)C(=O)COc1ccccc1OC. The summed E-state index contributed by atoms with van der Waals surface area (Å²) in [4.78, 5) is 28.2. The van der Waals surface area contributed by atoms with Gasteiger partial charge in [0.1, 0.15) is 6.04 Å². The molecule has 3 rings (SSSR count). The molecule has 0 aromatic heterocycles. The lowest BCUT2D eigenvalue weighted by atomic mass is 10.1. The highest BCUT2D eigenvalue weighted by atomic mass is 16.5. The smallest absolute Gasteiger partial charge is 0.261 e. The molecule has 0 unspecified atom stereocenters. The van der Waals surface area contributed by atoms with Crippen molar-refractivity contribution in [2.45, 2.75) is 64.6 Å². The van der Waals surface area contributed by atoms with Crippen LogP contribution in [0.25, 0.3) is 0 Å². The molecule has 0 saturated heterocycles. The van der Waals surface area contributed by atoms with E-state index >= 15 is 0 Å². The van der Waals surface area contributed by atoms with Crippen molar-refractivity contribution in [3.63, 3.8) is 0 Å². The second kappa shape index (κ2) is 11.6. The van der Waals surface area contributed by atoms with Crippen molar-refractivity contribution in [3.05, 3.63) is 59.7 Å². The van der Waals surface area contributed by atoms with Gasteiger partial charge in [0.25, 0.3) is 5.91 Å². The number of carbonyl (C=O) groups is 2. The Morgan fingerprint density at radius 2 is 1.72 bits per heavy atom. The Balaban J connectivity index is 1.78. The van der Waals surface area contributed by atoms with Crippen molar-refractivity contribution in [1.82, 2.24) is 10.2 Å². The van der Waals surface area contributed by atoms with E-state index < -0.39 is 6.04 Å². The normalized spacial score (nSPS) is 14.6. The molecular formula is C26H34N2O4. The van der Waals surface area contributed by atoms with Crippen LogP contribution < -0.4 is 14.8 Å². The topological polar surface area (TPSA) is 67.9 Å². The number of benzene rings is 2. The third-order valence-corrected chi connectivity index (χ3v) is 6.11. The summed E-state index contributed by atoms with van der Waals surface area (Å²) in [5.41, 5.74) is 2.10. The van der Waals surface area contributed by atoms with E-state index in [0.29, 0.717) is 24.5 Å². The van der Waals surface area contributed by atoms with E-state index in [1.54, 1.807) is 24.1 Å². The van der Waals surface area contributed by atoms with Crippen molar-refractivity contribution in [2.24, 2.45) is 0 Å². The quantitative estimate of drug-likeness (QED) is 0.602. The molecule has 1 aliphatic carbocycles. The summed E-state index contributed by atoms with van der Waals surface area (Å²) in [6.07, 6.45) is 4.82. The van der Waals surface area contributed by atoms with Crippen LogP contribution in [0.4, 0.5) is 0 Å². The molecular weight excluding hydrogens is 404 g/mol. The number of methoxy groups -OCH3 is 1. The van der Waals surface area contributed by atoms with E-state index in [-0.39, 0.29) is 24.5 Å². The Labute approximate surface area is 190 Å². The molecule has 6 nitrogen and oxygen atoms in total. The van der Waals surface area contributed by atoms with E-state index in [2.05, 4.69) is 5.32 Å². The molecule has 0 aliphatic heterocycles. The van der Waals surface area contributed by atoms with Gasteiger partial charge in [-0.15, -0.1) is 0 Å². The van der Waals surface area contributed by atoms with Gasteiger partial charge in [-0.1, -0.05) is 56.2 Å². The zero-order valence-corrected chi connectivity index (χ0v) is 19.3. The fourth-order valence-corrected chi connectivity index (χ4v) is 4.22. The van der Waals surface area contributed by atoms with Crippen molar-refractivity contribution < 1.29 is 19.1 Å². The van der Waals surface area contributed by atoms with Gasteiger partial charge in [-0.3, -0.25) is 9.59 Å². The molecule has 1 saturated carbocycles. The van der Waals surface area contributed by atoms with Gasteiger partial charge in [0, 0.05) is 12.6 Å². The number of para-hydroxylation sites is 2. The number of nitrogens with one attached hydrogen (secondary N) is 1. The largest absolute Gasteiger partial charge is 0.493 e. The molecule has 2 aromatic rings. The number of rotatable bonds is 10. The molecule has 0 bridgehead atoms. The van der Waals surface area contributed by atoms with Crippen LogP contribution in [0.15, 0.2) is 48.5 Å². The van der Waals surface area contributed by atoms with Crippen molar-refractivity contribution in [2.75, 3.05) is 13.7 Å². The number of hydrogen-bond donors (Lipinski definition) is 1. The van der Waals surface area contributed by atoms with Crippen LogP contribution in [0.5, 0.6) is 11.5 Å². The highest BCUT2D eigenvalue weighted by Crippen LogP contribution is 2.26. The monoisotopic (exact) mass is 438 g/mol. The molecule has 1 fully saturated rings. The second-order valence-corrected chi connectivity index (χ2v) is 8.30. The summed E-state index contributed by atoms with van der Waals surface area (Å²) in [5, 5.41) is 3.16. The number of nitrogens with zero attached hydrogens (tertiary/aromatic N) is 1. The molecule has 172 valence electrons. The third kappa shape index (κ3) is 6.02. The highest BCUT2D eigenvalue weighted by Gasteiger charge is 2.31. The van der Waals surface area contributed by atoms with Crippen LogP contribution in [0.1, 0.15) is 50.2 Å². The fraction of sp³-hybridized carbons (Fsp3) is 0.462. The van der Waals surface area contributed by atoms with Crippen LogP contribution in [-0.2, 0) is 16.1 Å². The first-order chi connectivity index (χ1) is 15.5. The van der Waals surface area contributed by atoms with Crippen molar-refractivity contribution in [3.8, 4) is 11.5 Å². The maximum Gasteiger partial charge on any atom is 0.261 e. The average Bonchev–Trinajstić information content (AvgIpc) is 3.31. The van der Waals surface area contributed by atoms with Gasteiger partial charge in [0.05, 0.1) is 7.11 Å². The van der Waals surface area contributed by atoms with Crippen LogP contribution in [-0.4, -0.2) is 42.5 Å². The van der Waals surface area contributed by atoms with Crippen molar-refractivity contribution >= 4 is 11.8 Å². The Morgan fingerprint density at radius 3 is 2.38 bits per heavy atom. The van der Waals surface area contributed by atoms with E-state index in [1.807, 2.05) is 50.2 Å². The minimum Gasteiger partial charge on any atom is -0.493 e. The van der Waals surface area contributed by atoms with Gasteiger partial charge >= 0.3 is 0 Å². The number of aryl methyl sites for hydroxylation is 1. The summed E-state index contributed by atoms with van der Waals surface area (Å²) in [7, 11) is 1.56. The number of hydrogen-bond acceptors (Lipinski definition) is 4. The Hall–Kier alpha value is -3.02. The fourth-order valence-electron chi connectivity index (χ4n) is 4.22.